The van der Waals surface area contributed by atoms with Crippen LogP contribution < -0.4 is 54.9 Å². The van der Waals surface area contributed by atoms with Gasteiger partial charge in [0.05, 0.1) is 69.1 Å². The number of hydrogen-bond donors (Lipinski definition) is 5. The van der Waals surface area contributed by atoms with Crippen LogP contribution in [0.2, 0.25) is 0 Å². The van der Waals surface area contributed by atoms with Crippen LogP contribution in [0.3, 0.4) is 0 Å². The average molecular weight is 1140 g/mol. The number of aliphatic hydroxyl groups is 1. The Bertz CT molecular complexity index is 3240. The topological polar surface area (TPSA) is 253 Å². The minimum Gasteiger partial charge on any atom is -0.493 e. The number of esters is 1. The Morgan fingerprint density at radius 3 is 1.94 bits per heavy atom. The minimum atomic E-state index is -1.55. The first-order valence-corrected chi connectivity index (χ1v) is 28.1. The second-order valence-corrected chi connectivity index (χ2v) is 21.3. The maximum atomic E-state index is 14.6. The zero-order chi connectivity index (χ0) is 58.9. The van der Waals surface area contributed by atoms with Gasteiger partial charge in [0.25, 0.3) is 11.8 Å². The summed E-state index contributed by atoms with van der Waals surface area (Å²) in [5.41, 5.74) is 5.78. The molecule has 5 N–H and O–H groups in total. The molecular weight excluding hydrogens is 1070 g/mol. The van der Waals surface area contributed by atoms with Gasteiger partial charge in [-0.3, -0.25) is 28.8 Å². The summed E-state index contributed by atoms with van der Waals surface area (Å²) in [5, 5.41) is 23.8. The van der Waals surface area contributed by atoms with Crippen LogP contribution in [0.4, 0.5) is 33.2 Å². The highest BCUT2D eigenvalue weighted by Gasteiger charge is 2.48. The van der Waals surface area contributed by atoms with Gasteiger partial charge in [0.1, 0.15) is 18.7 Å². The van der Waals surface area contributed by atoms with E-state index in [1.807, 2.05) is 41.3 Å². The number of nitrogens with one attached hydrogen (secondary N) is 4. The van der Waals surface area contributed by atoms with Crippen molar-refractivity contribution in [3.63, 3.8) is 0 Å². The van der Waals surface area contributed by atoms with Crippen molar-refractivity contribution in [2.45, 2.75) is 116 Å². The van der Waals surface area contributed by atoms with Crippen molar-refractivity contribution >= 4 is 70.0 Å². The van der Waals surface area contributed by atoms with E-state index in [1.54, 1.807) is 63.4 Å². The first-order chi connectivity index (χ1) is 40.1. The summed E-state index contributed by atoms with van der Waals surface area (Å²) in [4.78, 5) is 97.9. The number of carbonyl (C=O) groups is 7. The van der Waals surface area contributed by atoms with Crippen molar-refractivity contribution in [1.29, 1.82) is 0 Å². The molecule has 6 amide bonds. The number of unbranched alkanes of at least 4 members (excludes halogenated alkanes) is 3. The molecule has 0 spiro atoms. The molecule has 4 aliphatic heterocycles. The monoisotopic (exact) mass is 1140 g/mol. The van der Waals surface area contributed by atoms with Crippen molar-refractivity contribution in [3.05, 3.63) is 125 Å². The van der Waals surface area contributed by atoms with Crippen LogP contribution in [-0.4, -0.2) is 118 Å². The third kappa shape index (κ3) is 13.1. The number of fused-ring (bicyclic) bond motifs is 8. The predicted octanol–water partition coefficient (Wildman–Crippen LogP) is 7.69. The molecule has 21 nitrogen and oxygen atoms in total. The van der Waals surface area contributed by atoms with E-state index in [-0.39, 0.29) is 85.0 Å². The molecule has 4 heterocycles. The number of nitrogens with zero attached hydrogens (tertiary/aromatic N) is 3. The summed E-state index contributed by atoms with van der Waals surface area (Å²) in [6, 6.07) is 25.6. The number of anilines is 5. The smallest absolute Gasteiger partial charge is 0.416 e. The third-order valence-corrected chi connectivity index (χ3v) is 15.3. The highest BCUT2D eigenvalue weighted by atomic mass is 16.6. The molecule has 0 radical (unpaired) electrons. The molecule has 83 heavy (non-hydrogen) atoms. The normalized spacial score (nSPS) is 17.2. The van der Waals surface area contributed by atoms with Crippen molar-refractivity contribution in [2.75, 3.05) is 66.4 Å². The molecule has 5 aromatic carbocycles. The second kappa shape index (κ2) is 26.4. The Labute approximate surface area is 481 Å². The molecule has 5 atom stereocenters. The summed E-state index contributed by atoms with van der Waals surface area (Å²) >= 11 is 0. The van der Waals surface area contributed by atoms with Crippen molar-refractivity contribution in [1.82, 2.24) is 10.6 Å². The number of hydrogen-bond acceptors (Lipinski definition) is 15. The van der Waals surface area contributed by atoms with Gasteiger partial charge in [-0.05, 0) is 111 Å². The van der Waals surface area contributed by atoms with E-state index in [9.17, 15) is 38.7 Å². The first kappa shape index (κ1) is 58.8. The lowest BCUT2D eigenvalue weighted by Crippen LogP contribution is -2.53. The third-order valence-electron chi connectivity index (χ3n) is 15.3. The standard InChI is InChI=1S/C62H71N7O14/c1-36(2)56(66-54(70)20-12-13-21-55(71)80-6)58(73)64-37(3)57(72)65-41-24-22-38(23-25-41)35-83-62(77)69-48-33-53(51(79-5)31-44(48)60(75)68-47-19-11-9-17-40(47)29-49(68)61(69)76)82-27-15-7-14-26-81-52-32-45-43(30-50(52)78-4)59(74)67-42(34-63-45)28-39-16-8-10-18-46(39)67/h8-11,16-19,22-25,30-33,36-37,42,49,56,61,63,76H,7,12-15,20-21,26-29,34-35H2,1-6H3,(H,64,73)(H,65,72)(H,66,70)/t37-,42-,49-,56-,61-/m0/s1. The van der Waals surface area contributed by atoms with Gasteiger partial charge in [0.2, 0.25) is 17.7 Å². The Hall–Kier alpha value is -8.85. The van der Waals surface area contributed by atoms with Crippen LogP contribution in [0, 0.1) is 5.92 Å². The highest BCUT2D eigenvalue weighted by Crippen LogP contribution is 2.45. The molecule has 0 bridgehead atoms. The van der Waals surface area contributed by atoms with Crippen LogP contribution in [0.25, 0.3) is 0 Å². The minimum absolute atomic E-state index is 0.00924. The molecular formula is C62H71N7O14. The zero-order valence-corrected chi connectivity index (χ0v) is 47.5. The van der Waals surface area contributed by atoms with Crippen LogP contribution >= 0.6 is 0 Å². The van der Waals surface area contributed by atoms with Crippen LogP contribution in [-0.2, 0) is 48.1 Å². The van der Waals surface area contributed by atoms with E-state index >= 15 is 0 Å². The van der Waals surface area contributed by atoms with Gasteiger partial charge in [0, 0.05) is 48.6 Å². The van der Waals surface area contributed by atoms with Crippen LogP contribution in [0.5, 0.6) is 23.0 Å². The van der Waals surface area contributed by atoms with Gasteiger partial charge in [-0.15, -0.1) is 0 Å². The zero-order valence-electron chi connectivity index (χ0n) is 47.5. The number of para-hydroxylation sites is 2. The van der Waals surface area contributed by atoms with Crippen LogP contribution in [0.15, 0.2) is 97.1 Å². The maximum absolute atomic E-state index is 14.6. The number of ether oxygens (including phenoxy) is 6. The number of benzene rings is 5. The molecule has 438 valence electrons. The molecule has 0 aliphatic carbocycles. The Morgan fingerprint density at radius 2 is 1.28 bits per heavy atom. The molecule has 9 rings (SSSR count). The average Bonchev–Trinajstić information content (AvgIpc) is 4.12. The van der Waals surface area contributed by atoms with Gasteiger partial charge in [0.15, 0.2) is 29.2 Å². The Kier molecular flexibility index (Phi) is 18.7. The van der Waals surface area contributed by atoms with E-state index in [4.69, 9.17) is 23.7 Å². The number of amides is 6. The fourth-order valence-corrected chi connectivity index (χ4v) is 10.9. The van der Waals surface area contributed by atoms with Crippen LogP contribution in [0.1, 0.15) is 103 Å². The highest BCUT2D eigenvalue weighted by molar-refractivity contribution is 6.15. The predicted molar refractivity (Wildman–Crippen MR) is 309 cm³/mol. The van der Waals surface area contributed by atoms with E-state index in [0.29, 0.717) is 84.9 Å². The Morgan fingerprint density at radius 1 is 0.663 bits per heavy atom. The van der Waals surface area contributed by atoms with Gasteiger partial charge >= 0.3 is 12.1 Å². The lowest BCUT2D eigenvalue weighted by molar-refractivity contribution is -0.140. The fourth-order valence-electron chi connectivity index (χ4n) is 10.9. The van der Waals surface area contributed by atoms with E-state index in [2.05, 4.69) is 32.1 Å². The summed E-state index contributed by atoms with van der Waals surface area (Å²) in [5.74, 6) is -1.14. The lowest BCUT2D eigenvalue weighted by atomic mass is 10.0. The summed E-state index contributed by atoms with van der Waals surface area (Å²) in [7, 11) is 4.30. The second-order valence-electron chi connectivity index (χ2n) is 21.3. The molecule has 0 unspecified atom stereocenters. The van der Waals surface area contributed by atoms with Crippen molar-refractivity contribution in [3.8, 4) is 23.0 Å². The maximum Gasteiger partial charge on any atom is 0.416 e. The van der Waals surface area contributed by atoms with Gasteiger partial charge in [-0.25, -0.2) is 9.69 Å². The SMILES string of the molecule is COC(=O)CCCCC(=O)N[C@H](C(=O)N[C@@H](C)C(=O)Nc1ccc(COC(=O)N2c3cc(OCCCCCOc4cc5c(cc4OC)C(=O)N4c6ccccc6C[C@H]4CN5)c(OC)cc3C(=O)N3c4ccccc4C[C@H]3[C@@H]2O)cc1)C(C)C. The largest absolute Gasteiger partial charge is 0.493 e. The van der Waals surface area contributed by atoms with Gasteiger partial charge < -0.3 is 64.6 Å². The number of aliphatic hydroxyl groups excluding tert-OH is 1. The number of methoxy groups -OCH3 is 3. The van der Waals surface area contributed by atoms with Gasteiger partial charge in [-0.1, -0.05) is 62.4 Å². The number of carbonyl (C=O) groups excluding carboxylic acids is 7. The first-order valence-electron chi connectivity index (χ1n) is 28.1. The lowest BCUT2D eigenvalue weighted by Gasteiger charge is -2.32. The van der Waals surface area contributed by atoms with E-state index in [0.717, 1.165) is 28.1 Å². The molecule has 0 fully saturated rings. The quantitative estimate of drug-likeness (QED) is 0.0310. The van der Waals surface area contributed by atoms with Gasteiger partial charge in [-0.2, -0.15) is 0 Å². The molecule has 5 aromatic rings. The molecule has 21 heteroatoms. The molecule has 0 saturated carbocycles. The molecule has 4 aliphatic rings. The van der Waals surface area contributed by atoms with Crippen molar-refractivity contribution in [2.24, 2.45) is 5.92 Å². The van der Waals surface area contributed by atoms with E-state index in [1.165, 1.54) is 38.2 Å². The summed E-state index contributed by atoms with van der Waals surface area (Å²) < 4.78 is 34.5. The van der Waals surface area contributed by atoms with Crippen molar-refractivity contribution < 1.29 is 67.1 Å². The number of rotatable bonds is 23. The summed E-state index contributed by atoms with van der Waals surface area (Å²) in [6.45, 7) is 6.01. The molecule has 0 saturated heterocycles. The fraction of sp³-hybridized carbons (Fsp3) is 0.403. The van der Waals surface area contributed by atoms with E-state index < -0.39 is 48.2 Å². The Balaban J connectivity index is 0.810. The summed E-state index contributed by atoms with van der Waals surface area (Å²) in [6.07, 6.45) is 1.71. The molecule has 0 aromatic heterocycles.